The Morgan fingerprint density at radius 3 is 2.29 bits per heavy atom. The van der Waals surface area contributed by atoms with Crippen LogP contribution < -0.4 is 16.4 Å². The normalized spacial score (nSPS) is 27.0. The monoisotopic (exact) mass is 243 g/mol. The summed E-state index contributed by atoms with van der Waals surface area (Å²) in [6, 6.07) is 0.214. The molecule has 0 aliphatic carbocycles. The molecular weight excluding hydrogens is 225 g/mol. The minimum atomic E-state index is -0.412. The summed E-state index contributed by atoms with van der Waals surface area (Å²) in [6.07, 6.45) is 0.417. The highest BCUT2D eigenvalue weighted by Gasteiger charge is 2.31. The maximum Gasteiger partial charge on any atom is 0.222 e. The molecule has 0 radical (unpaired) electrons. The van der Waals surface area contributed by atoms with Crippen molar-refractivity contribution in [2.24, 2.45) is 5.73 Å². The molecular formula is C8H19Cl2N3O. The van der Waals surface area contributed by atoms with Crippen molar-refractivity contribution >= 4 is 30.7 Å². The molecule has 2 unspecified atom stereocenters. The lowest BCUT2D eigenvalue weighted by atomic mass is 9.99. The molecule has 1 fully saturated rings. The fourth-order valence-corrected chi connectivity index (χ4v) is 1.28. The molecule has 6 heteroatoms. The Bertz CT molecular complexity index is 194. The summed E-state index contributed by atoms with van der Waals surface area (Å²) in [7, 11) is 0. The van der Waals surface area contributed by atoms with Crippen molar-refractivity contribution in [1.29, 1.82) is 0 Å². The Morgan fingerprint density at radius 2 is 1.93 bits per heavy atom. The van der Waals surface area contributed by atoms with E-state index in [1.807, 2.05) is 20.8 Å². The molecule has 0 aromatic rings. The van der Waals surface area contributed by atoms with Gasteiger partial charge in [-0.25, -0.2) is 0 Å². The van der Waals surface area contributed by atoms with Crippen molar-refractivity contribution in [1.82, 2.24) is 10.6 Å². The van der Waals surface area contributed by atoms with Crippen LogP contribution in [0.2, 0.25) is 0 Å². The number of hydrogen-bond acceptors (Lipinski definition) is 3. The average Bonchev–Trinajstić information content (AvgIpc) is 1.82. The van der Waals surface area contributed by atoms with Gasteiger partial charge >= 0.3 is 0 Å². The van der Waals surface area contributed by atoms with E-state index >= 15 is 0 Å². The number of carbonyl (C=O) groups is 1. The minimum Gasteiger partial charge on any atom is -0.339 e. The van der Waals surface area contributed by atoms with Gasteiger partial charge in [0, 0.05) is 18.0 Å². The zero-order chi connectivity index (χ0) is 9.35. The Kier molecular flexibility index (Phi) is 6.74. The summed E-state index contributed by atoms with van der Waals surface area (Å²) in [5.41, 5.74) is 5.45. The lowest BCUT2D eigenvalue weighted by Gasteiger charge is -2.37. The summed E-state index contributed by atoms with van der Waals surface area (Å²) in [5.74, 6) is 0.0739. The average molecular weight is 244 g/mol. The topological polar surface area (TPSA) is 67.2 Å². The van der Waals surface area contributed by atoms with E-state index in [1.165, 1.54) is 0 Å². The minimum absolute atomic E-state index is 0. The molecule has 1 saturated heterocycles. The smallest absolute Gasteiger partial charge is 0.222 e. The quantitative estimate of drug-likeness (QED) is 0.625. The third-order valence-electron chi connectivity index (χ3n) is 1.99. The van der Waals surface area contributed by atoms with E-state index in [9.17, 15) is 4.79 Å². The van der Waals surface area contributed by atoms with Gasteiger partial charge in [-0.3, -0.25) is 10.1 Å². The van der Waals surface area contributed by atoms with Gasteiger partial charge in [0.05, 0.1) is 6.17 Å². The molecule has 14 heavy (non-hydrogen) atoms. The molecule has 0 aromatic heterocycles. The van der Waals surface area contributed by atoms with Gasteiger partial charge < -0.3 is 11.1 Å². The second-order valence-electron chi connectivity index (χ2n) is 4.09. The molecule has 0 spiro atoms. The van der Waals surface area contributed by atoms with E-state index in [2.05, 4.69) is 10.6 Å². The second kappa shape index (κ2) is 5.75. The van der Waals surface area contributed by atoms with Crippen LogP contribution in [0.15, 0.2) is 0 Å². The first-order chi connectivity index (χ1) is 5.39. The van der Waals surface area contributed by atoms with E-state index in [4.69, 9.17) is 5.73 Å². The highest BCUT2D eigenvalue weighted by atomic mass is 35.5. The van der Waals surface area contributed by atoms with Gasteiger partial charge in [-0.05, 0) is 20.8 Å². The molecule has 1 aliphatic rings. The molecule has 0 bridgehead atoms. The van der Waals surface area contributed by atoms with E-state index < -0.39 is 5.54 Å². The first kappa shape index (κ1) is 16.4. The maximum atomic E-state index is 11.1. The van der Waals surface area contributed by atoms with Gasteiger partial charge in [-0.2, -0.15) is 0 Å². The van der Waals surface area contributed by atoms with Crippen molar-refractivity contribution in [3.05, 3.63) is 0 Å². The van der Waals surface area contributed by atoms with Crippen LogP contribution >= 0.6 is 24.8 Å². The van der Waals surface area contributed by atoms with Crippen LogP contribution in [0.3, 0.4) is 0 Å². The third kappa shape index (κ3) is 4.46. The van der Waals surface area contributed by atoms with Crippen molar-refractivity contribution in [3.8, 4) is 0 Å². The van der Waals surface area contributed by atoms with Crippen LogP contribution in [0.5, 0.6) is 0 Å². The van der Waals surface area contributed by atoms with Crippen LogP contribution in [0, 0.1) is 0 Å². The molecule has 1 aliphatic heterocycles. The van der Waals surface area contributed by atoms with Crippen molar-refractivity contribution in [2.75, 3.05) is 0 Å². The van der Waals surface area contributed by atoms with Crippen LogP contribution in [0.1, 0.15) is 27.2 Å². The second-order valence-corrected chi connectivity index (χ2v) is 4.09. The summed E-state index contributed by atoms with van der Waals surface area (Å²) in [5, 5.41) is 6.04. The summed E-state index contributed by atoms with van der Waals surface area (Å²) >= 11 is 0. The van der Waals surface area contributed by atoms with Crippen LogP contribution in [0.4, 0.5) is 0 Å². The summed E-state index contributed by atoms with van der Waals surface area (Å²) in [4.78, 5) is 11.1. The zero-order valence-electron chi connectivity index (χ0n) is 8.66. The van der Waals surface area contributed by atoms with E-state index in [-0.39, 0.29) is 42.9 Å². The predicted octanol–water partition coefficient (Wildman–Crippen LogP) is 0.391. The summed E-state index contributed by atoms with van der Waals surface area (Å²) < 4.78 is 0. The standard InChI is InChI=1S/C8H17N3O.2ClH/c1-5-4-6(12)11-7(10-5)8(2,3)9;;/h5,7,10H,4,9H2,1-3H3,(H,11,12);2*1H. The van der Waals surface area contributed by atoms with Gasteiger partial charge in [-0.15, -0.1) is 24.8 Å². The number of nitrogens with one attached hydrogen (secondary N) is 2. The number of amides is 1. The molecule has 0 aromatic carbocycles. The zero-order valence-corrected chi connectivity index (χ0v) is 10.3. The SMILES string of the molecule is CC1CC(=O)NC(C(C)(C)N)N1.Cl.Cl. The number of halogens is 2. The van der Waals surface area contributed by atoms with Crippen LogP contribution in [-0.4, -0.2) is 23.7 Å². The predicted molar refractivity (Wildman–Crippen MR) is 61.9 cm³/mol. The lowest BCUT2D eigenvalue weighted by Crippen LogP contribution is -2.67. The molecule has 0 saturated carbocycles. The number of carbonyl (C=O) groups excluding carboxylic acids is 1. The molecule has 2 atom stereocenters. The molecule has 1 rings (SSSR count). The van der Waals surface area contributed by atoms with E-state index in [1.54, 1.807) is 0 Å². The van der Waals surface area contributed by atoms with E-state index in [0.717, 1.165) is 0 Å². The Hall–Kier alpha value is -0.0300. The van der Waals surface area contributed by atoms with Crippen molar-refractivity contribution in [2.45, 2.75) is 44.9 Å². The summed E-state index contributed by atoms with van der Waals surface area (Å²) in [6.45, 7) is 5.77. The first-order valence-electron chi connectivity index (χ1n) is 4.24. The first-order valence-corrected chi connectivity index (χ1v) is 4.24. The number of nitrogens with two attached hydrogens (primary N) is 1. The fourth-order valence-electron chi connectivity index (χ4n) is 1.28. The van der Waals surface area contributed by atoms with Gasteiger partial charge in [0.15, 0.2) is 0 Å². The molecule has 86 valence electrons. The molecule has 1 amide bonds. The Balaban J connectivity index is 0. The fraction of sp³-hybridized carbons (Fsp3) is 0.875. The van der Waals surface area contributed by atoms with Gasteiger partial charge in [0.25, 0.3) is 0 Å². The van der Waals surface area contributed by atoms with Crippen LogP contribution in [0.25, 0.3) is 0 Å². The Morgan fingerprint density at radius 1 is 1.43 bits per heavy atom. The maximum absolute atomic E-state index is 11.1. The van der Waals surface area contributed by atoms with Gasteiger partial charge in [-0.1, -0.05) is 0 Å². The molecule has 4 N–H and O–H groups in total. The number of hydrogen-bond donors (Lipinski definition) is 3. The highest BCUT2D eigenvalue weighted by Crippen LogP contribution is 2.08. The van der Waals surface area contributed by atoms with Crippen molar-refractivity contribution in [3.63, 3.8) is 0 Å². The largest absolute Gasteiger partial charge is 0.339 e. The van der Waals surface area contributed by atoms with Crippen molar-refractivity contribution < 1.29 is 4.79 Å². The van der Waals surface area contributed by atoms with Gasteiger partial charge in [0.2, 0.25) is 5.91 Å². The highest BCUT2D eigenvalue weighted by molar-refractivity contribution is 5.85. The molecule has 1 heterocycles. The van der Waals surface area contributed by atoms with Crippen LogP contribution in [-0.2, 0) is 4.79 Å². The van der Waals surface area contributed by atoms with E-state index in [0.29, 0.717) is 6.42 Å². The number of rotatable bonds is 1. The Labute approximate surface area is 97.2 Å². The van der Waals surface area contributed by atoms with Gasteiger partial charge in [0.1, 0.15) is 0 Å². The third-order valence-corrected chi connectivity index (χ3v) is 1.99. The molecule has 4 nitrogen and oxygen atoms in total. The lowest BCUT2D eigenvalue weighted by molar-refractivity contribution is -0.125.